The molecule has 0 atom stereocenters. The van der Waals surface area contributed by atoms with E-state index in [1.54, 1.807) is 23.7 Å². The Bertz CT molecular complexity index is 1360. The van der Waals surface area contributed by atoms with Crippen LogP contribution in [0.2, 0.25) is 0 Å². The van der Waals surface area contributed by atoms with E-state index in [-0.39, 0.29) is 11.6 Å². The Balaban J connectivity index is 1.38. The molecule has 1 amide bonds. The van der Waals surface area contributed by atoms with Gasteiger partial charge in [0.15, 0.2) is 11.5 Å². The smallest absolute Gasteiger partial charge is 0.257 e. The van der Waals surface area contributed by atoms with E-state index in [0.717, 1.165) is 50.1 Å². The lowest BCUT2D eigenvalue weighted by atomic mass is 9.93. The van der Waals surface area contributed by atoms with Crippen molar-refractivity contribution in [1.29, 1.82) is 0 Å². The molecule has 3 aromatic heterocycles. The van der Waals surface area contributed by atoms with Crippen LogP contribution in [-0.2, 0) is 0 Å². The Hall–Kier alpha value is -3.46. The lowest BCUT2D eigenvalue weighted by Gasteiger charge is -2.30. The Labute approximate surface area is 190 Å². The zero-order valence-electron chi connectivity index (χ0n) is 18.5. The van der Waals surface area contributed by atoms with Crippen LogP contribution in [0.3, 0.4) is 0 Å². The number of anilines is 2. The van der Waals surface area contributed by atoms with Crippen molar-refractivity contribution in [3.63, 3.8) is 0 Å². The van der Waals surface area contributed by atoms with Crippen molar-refractivity contribution >= 4 is 33.8 Å². The van der Waals surface area contributed by atoms with Gasteiger partial charge in [0.1, 0.15) is 5.52 Å². The number of amides is 1. The first-order valence-corrected chi connectivity index (χ1v) is 11.5. The van der Waals surface area contributed by atoms with Crippen LogP contribution in [-0.4, -0.2) is 51.3 Å². The van der Waals surface area contributed by atoms with E-state index in [1.807, 2.05) is 16.8 Å². The van der Waals surface area contributed by atoms with Crippen LogP contribution >= 0.6 is 0 Å². The van der Waals surface area contributed by atoms with Crippen molar-refractivity contribution in [3.8, 4) is 0 Å². The van der Waals surface area contributed by atoms with Crippen LogP contribution in [0.5, 0.6) is 0 Å². The van der Waals surface area contributed by atoms with Crippen LogP contribution in [0.15, 0.2) is 36.8 Å². The zero-order chi connectivity index (χ0) is 22.5. The van der Waals surface area contributed by atoms with Crippen LogP contribution < -0.4 is 15.5 Å². The van der Waals surface area contributed by atoms with Gasteiger partial charge >= 0.3 is 0 Å². The molecule has 9 heteroatoms. The summed E-state index contributed by atoms with van der Waals surface area (Å²) in [5.74, 6) is -0.782. The van der Waals surface area contributed by atoms with Crippen LogP contribution in [0.1, 0.15) is 41.4 Å². The molecule has 0 radical (unpaired) electrons. The standard InChI is InChI=1S/C24H26FN7O/c1-15-12-31-13-16(11-20(25)23(31)27-15)28-24(33)18-5-6-21(30-9-7-26-8-10-30)19-14-32(29-22(18)19)17-3-2-4-17/h5-6,11-14,17,26H,2-4,7-10H2,1H3,(H,28,33). The van der Waals surface area contributed by atoms with E-state index < -0.39 is 5.82 Å². The number of nitrogens with one attached hydrogen (secondary N) is 2. The van der Waals surface area contributed by atoms with Gasteiger partial charge in [0, 0.05) is 61.9 Å². The quantitative estimate of drug-likeness (QED) is 0.501. The lowest BCUT2D eigenvalue weighted by molar-refractivity contribution is 0.102. The molecule has 0 unspecified atom stereocenters. The first-order valence-electron chi connectivity index (χ1n) is 11.5. The fraction of sp³-hybridized carbons (Fsp3) is 0.375. The molecule has 1 saturated heterocycles. The zero-order valence-corrected chi connectivity index (χ0v) is 18.5. The topological polar surface area (TPSA) is 79.5 Å². The van der Waals surface area contributed by atoms with Gasteiger partial charge in [-0.2, -0.15) is 5.10 Å². The fourth-order valence-corrected chi connectivity index (χ4v) is 4.76. The molecular formula is C24H26FN7O. The summed E-state index contributed by atoms with van der Waals surface area (Å²) in [6, 6.07) is 5.55. The van der Waals surface area contributed by atoms with Gasteiger partial charge in [0.2, 0.25) is 0 Å². The summed E-state index contributed by atoms with van der Waals surface area (Å²) in [6.07, 6.45) is 8.93. The van der Waals surface area contributed by atoms with Gasteiger partial charge in [-0.1, -0.05) is 0 Å². The summed E-state index contributed by atoms with van der Waals surface area (Å²) in [7, 11) is 0. The third-order valence-electron chi connectivity index (χ3n) is 6.71. The normalized spacial score (nSPS) is 17.0. The van der Waals surface area contributed by atoms with Gasteiger partial charge < -0.3 is 19.9 Å². The molecule has 2 aliphatic rings. The summed E-state index contributed by atoms with van der Waals surface area (Å²) in [4.78, 5) is 19.8. The fourth-order valence-electron chi connectivity index (χ4n) is 4.76. The minimum atomic E-state index is -0.477. The molecule has 1 aromatic carbocycles. The number of piperazine rings is 1. The van der Waals surface area contributed by atoms with E-state index in [1.165, 1.54) is 12.5 Å². The maximum atomic E-state index is 14.5. The molecule has 1 aliphatic heterocycles. The second kappa shape index (κ2) is 7.84. The number of hydrogen-bond acceptors (Lipinski definition) is 5. The number of hydrogen-bond donors (Lipinski definition) is 2. The summed E-state index contributed by atoms with van der Waals surface area (Å²) in [5.41, 5.74) is 3.62. The number of aromatic nitrogens is 4. The van der Waals surface area contributed by atoms with Gasteiger partial charge in [0.05, 0.1) is 23.0 Å². The minimum Gasteiger partial charge on any atom is -0.368 e. The maximum Gasteiger partial charge on any atom is 0.257 e. The second-order valence-electron chi connectivity index (χ2n) is 8.97. The van der Waals surface area contributed by atoms with Crippen molar-refractivity contribution in [2.24, 2.45) is 0 Å². The Kier molecular flexibility index (Phi) is 4.79. The number of carbonyl (C=O) groups excluding carboxylic acids is 1. The van der Waals surface area contributed by atoms with Crippen molar-refractivity contribution in [1.82, 2.24) is 24.5 Å². The Morgan fingerprint density at radius 3 is 2.76 bits per heavy atom. The van der Waals surface area contributed by atoms with Gasteiger partial charge in [-0.05, 0) is 38.3 Å². The molecule has 4 aromatic rings. The molecular weight excluding hydrogens is 421 g/mol. The van der Waals surface area contributed by atoms with Crippen LogP contribution in [0.25, 0.3) is 16.6 Å². The highest BCUT2D eigenvalue weighted by molar-refractivity contribution is 6.13. The Morgan fingerprint density at radius 2 is 2.00 bits per heavy atom. The number of benzene rings is 1. The van der Waals surface area contributed by atoms with Crippen molar-refractivity contribution in [2.45, 2.75) is 32.2 Å². The van der Waals surface area contributed by atoms with Crippen molar-refractivity contribution in [2.75, 3.05) is 36.4 Å². The highest BCUT2D eigenvalue weighted by Gasteiger charge is 2.25. The number of rotatable bonds is 4. The SMILES string of the molecule is Cc1cn2cc(NC(=O)c3ccc(N4CCNCC4)c4cn(C5CCC5)nc34)cc(F)c2n1. The molecule has 2 fully saturated rings. The number of nitrogens with zero attached hydrogens (tertiary/aromatic N) is 5. The van der Waals surface area contributed by atoms with E-state index in [2.05, 4.69) is 26.7 Å². The minimum absolute atomic E-state index is 0.243. The van der Waals surface area contributed by atoms with E-state index >= 15 is 0 Å². The number of fused-ring (bicyclic) bond motifs is 2. The number of aryl methyl sites for hydroxylation is 1. The third-order valence-corrected chi connectivity index (χ3v) is 6.71. The van der Waals surface area contributed by atoms with E-state index in [4.69, 9.17) is 5.10 Å². The highest BCUT2D eigenvalue weighted by atomic mass is 19.1. The van der Waals surface area contributed by atoms with Crippen LogP contribution in [0.4, 0.5) is 15.8 Å². The molecule has 0 spiro atoms. The maximum absolute atomic E-state index is 14.5. The first kappa shape index (κ1) is 20.2. The average molecular weight is 448 g/mol. The number of pyridine rings is 1. The molecule has 6 rings (SSSR count). The predicted molar refractivity (Wildman–Crippen MR) is 126 cm³/mol. The summed E-state index contributed by atoms with van der Waals surface area (Å²) in [5, 5.41) is 12.1. The van der Waals surface area contributed by atoms with Gasteiger partial charge in [-0.3, -0.25) is 9.48 Å². The molecule has 4 heterocycles. The van der Waals surface area contributed by atoms with Gasteiger partial charge in [-0.25, -0.2) is 9.37 Å². The second-order valence-corrected chi connectivity index (χ2v) is 8.97. The third kappa shape index (κ3) is 3.52. The summed E-state index contributed by atoms with van der Waals surface area (Å²) >= 11 is 0. The monoisotopic (exact) mass is 447 g/mol. The van der Waals surface area contributed by atoms with Gasteiger partial charge in [-0.15, -0.1) is 0 Å². The summed E-state index contributed by atoms with van der Waals surface area (Å²) < 4.78 is 18.1. The van der Waals surface area contributed by atoms with Crippen molar-refractivity contribution in [3.05, 3.63) is 53.9 Å². The van der Waals surface area contributed by atoms with Crippen LogP contribution in [0, 0.1) is 12.7 Å². The van der Waals surface area contributed by atoms with Crippen molar-refractivity contribution < 1.29 is 9.18 Å². The molecule has 2 N–H and O–H groups in total. The summed E-state index contributed by atoms with van der Waals surface area (Å²) in [6.45, 7) is 5.50. The predicted octanol–water partition coefficient (Wildman–Crippen LogP) is 3.52. The number of imidazole rings is 1. The number of halogens is 1. The molecule has 33 heavy (non-hydrogen) atoms. The molecule has 170 valence electrons. The highest BCUT2D eigenvalue weighted by Crippen LogP contribution is 2.35. The first-order chi connectivity index (χ1) is 16.1. The lowest BCUT2D eigenvalue weighted by Crippen LogP contribution is -2.43. The molecule has 0 bridgehead atoms. The molecule has 1 saturated carbocycles. The van der Waals surface area contributed by atoms with Gasteiger partial charge in [0.25, 0.3) is 5.91 Å². The Morgan fingerprint density at radius 1 is 1.18 bits per heavy atom. The van der Waals surface area contributed by atoms with E-state index in [0.29, 0.717) is 28.5 Å². The number of carbonyl (C=O) groups is 1. The average Bonchev–Trinajstić information content (AvgIpc) is 3.35. The molecule has 8 nitrogen and oxygen atoms in total. The largest absolute Gasteiger partial charge is 0.368 e. The molecule has 1 aliphatic carbocycles. The van der Waals surface area contributed by atoms with E-state index in [9.17, 15) is 9.18 Å².